The molecule has 0 amide bonds. The maximum Gasteiger partial charge on any atom is 0.138 e. The molecule has 92 valence electrons. The molecule has 0 fully saturated rings. The molecule has 4 nitrogen and oxygen atoms in total. The minimum atomic E-state index is 0.217. The van der Waals surface area contributed by atoms with E-state index in [1.165, 1.54) is 0 Å². The van der Waals surface area contributed by atoms with Crippen molar-refractivity contribution in [3.8, 4) is 0 Å². The molecule has 16 heavy (non-hydrogen) atoms. The van der Waals surface area contributed by atoms with Crippen molar-refractivity contribution < 1.29 is 0 Å². The molecule has 2 N–H and O–H groups in total. The van der Waals surface area contributed by atoms with Gasteiger partial charge >= 0.3 is 0 Å². The van der Waals surface area contributed by atoms with Gasteiger partial charge in [0.2, 0.25) is 0 Å². The van der Waals surface area contributed by atoms with Crippen molar-refractivity contribution in [2.45, 2.75) is 53.1 Å². The highest BCUT2D eigenvalue weighted by Gasteiger charge is 2.16. The predicted octanol–water partition coefficient (Wildman–Crippen LogP) is 1.85. The van der Waals surface area contributed by atoms with E-state index in [-0.39, 0.29) is 6.04 Å². The van der Waals surface area contributed by atoms with E-state index in [9.17, 15) is 0 Å². The first-order chi connectivity index (χ1) is 7.54. The first-order valence-electron chi connectivity index (χ1n) is 6.16. The summed E-state index contributed by atoms with van der Waals surface area (Å²) in [6, 6.07) is 0.217. The molecular formula is C12H24N4. The Balaban J connectivity index is 2.68. The molecule has 0 radical (unpaired) electrons. The summed E-state index contributed by atoms with van der Waals surface area (Å²) in [4.78, 5) is 4.34. The summed E-state index contributed by atoms with van der Waals surface area (Å²) in [6.45, 7) is 9.56. The van der Waals surface area contributed by atoms with Crippen LogP contribution in [-0.2, 0) is 13.0 Å². The van der Waals surface area contributed by atoms with Crippen molar-refractivity contribution in [1.29, 1.82) is 0 Å². The lowest BCUT2D eigenvalue weighted by molar-refractivity contribution is 0.394. The fourth-order valence-corrected chi connectivity index (χ4v) is 1.88. The van der Waals surface area contributed by atoms with Crippen molar-refractivity contribution >= 4 is 0 Å². The van der Waals surface area contributed by atoms with Crippen molar-refractivity contribution in [2.24, 2.45) is 17.6 Å². The summed E-state index contributed by atoms with van der Waals surface area (Å²) in [5.41, 5.74) is 5.96. The average molecular weight is 224 g/mol. The topological polar surface area (TPSA) is 56.7 Å². The van der Waals surface area contributed by atoms with Gasteiger partial charge in [-0.15, -0.1) is 0 Å². The zero-order valence-electron chi connectivity index (χ0n) is 10.8. The van der Waals surface area contributed by atoms with Gasteiger partial charge in [-0.1, -0.05) is 27.2 Å². The monoisotopic (exact) mass is 224 g/mol. The molecule has 0 saturated carbocycles. The van der Waals surface area contributed by atoms with Crippen LogP contribution in [0.4, 0.5) is 0 Å². The average Bonchev–Trinajstić information content (AvgIpc) is 2.60. The van der Waals surface area contributed by atoms with Gasteiger partial charge in [-0.05, 0) is 18.8 Å². The lowest BCUT2D eigenvalue weighted by Gasteiger charge is -2.19. The lowest BCUT2D eigenvalue weighted by Crippen LogP contribution is -2.29. The Labute approximate surface area is 98.2 Å². The van der Waals surface area contributed by atoms with E-state index in [1.807, 2.05) is 4.68 Å². The van der Waals surface area contributed by atoms with Gasteiger partial charge in [0, 0.05) is 19.0 Å². The third kappa shape index (κ3) is 3.59. The smallest absolute Gasteiger partial charge is 0.138 e. The SMILES string of the molecule is CCC(Cc1ncnn1CC(C)C)C(C)N. The third-order valence-electron chi connectivity index (χ3n) is 2.95. The molecule has 0 aliphatic heterocycles. The highest BCUT2D eigenvalue weighted by molar-refractivity contribution is 4.89. The van der Waals surface area contributed by atoms with E-state index >= 15 is 0 Å². The van der Waals surface area contributed by atoms with Gasteiger partial charge in [0.05, 0.1) is 0 Å². The number of nitrogens with zero attached hydrogens (tertiary/aromatic N) is 3. The highest BCUT2D eigenvalue weighted by atomic mass is 15.3. The molecule has 1 aromatic rings. The second kappa shape index (κ2) is 5.99. The summed E-state index contributed by atoms with van der Waals surface area (Å²) in [7, 11) is 0. The van der Waals surface area contributed by atoms with Crippen LogP contribution >= 0.6 is 0 Å². The van der Waals surface area contributed by atoms with Crippen LogP contribution in [0.15, 0.2) is 6.33 Å². The standard InChI is InChI=1S/C12H24N4/c1-5-11(10(4)13)6-12-14-8-15-16(12)7-9(2)3/h8-11H,5-7,13H2,1-4H3. The van der Waals surface area contributed by atoms with Gasteiger partial charge in [-0.2, -0.15) is 5.10 Å². The minimum Gasteiger partial charge on any atom is -0.328 e. The van der Waals surface area contributed by atoms with Gasteiger partial charge in [-0.25, -0.2) is 9.67 Å². The van der Waals surface area contributed by atoms with Crippen molar-refractivity contribution in [1.82, 2.24) is 14.8 Å². The van der Waals surface area contributed by atoms with Crippen LogP contribution in [0.1, 0.15) is 39.9 Å². The van der Waals surface area contributed by atoms with Gasteiger partial charge in [0.25, 0.3) is 0 Å². The molecule has 0 aromatic carbocycles. The zero-order valence-corrected chi connectivity index (χ0v) is 10.8. The van der Waals surface area contributed by atoms with E-state index in [0.717, 1.165) is 25.2 Å². The van der Waals surface area contributed by atoms with E-state index in [0.29, 0.717) is 11.8 Å². The van der Waals surface area contributed by atoms with Crippen LogP contribution in [0.5, 0.6) is 0 Å². The van der Waals surface area contributed by atoms with Gasteiger partial charge in [-0.3, -0.25) is 0 Å². The second-order valence-electron chi connectivity index (χ2n) is 4.98. The molecule has 0 spiro atoms. The first-order valence-corrected chi connectivity index (χ1v) is 6.16. The Morgan fingerprint density at radius 1 is 1.38 bits per heavy atom. The Morgan fingerprint density at radius 3 is 2.56 bits per heavy atom. The fraction of sp³-hybridized carbons (Fsp3) is 0.833. The molecule has 1 heterocycles. The number of rotatable bonds is 6. The summed E-state index contributed by atoms with van der Waals surface area (Å²) < 4.78 is 2.01. The molecule has 1 aromatic heterocycles. The third-order valence-corrected chi connectivity index (χ3v) is 2.95. The summed E-state index contributed by atoms with van der Waals surface area (Å²) in [5, 5.41) is 4.27. The molecule has 0 aliphatic carbocycles. The van der Waals surface area contributed by atoms with E-state index in [1.54, 1.807) is 6.33 Å². The quantitative estimate of drug-likeness (QED) is 0.802. The van der Waals surface area contributed by atoms with Crippen molar-refractivity contribution in [3.63, 3.8) is 0 Å². The van der Waals surface area contributed by atoms with Crippen LogP contribution in [0.25, 0.3) is 0 Å². The Kier molecular flexibility index (Phi) is 4.93. The molecule has 0 bridgehead atoms. The number of hydrogen-bond donors (Lipinski definition) is 1. The fourth-order valence-electron chi connectivity index (χ4n) is 1.88. The molecule has 0 aliphatic rings. The molecule has 0 saturated heterocycles. The highest BCUT2D eigenvalue weighted by Crippen LogP contribution is 2.13. The molecule has 1 rings (SSSR count). The first kappa shape index (κ1) is 13.2. The molecular weight excluding hydrogens is 200 g/mol. The number of aromatic nitrogens is 3. The van der Waals surface area contributed by atoms with Crippen LogP contribution in [0.3, 0.4) is 0 Å². The molecule has 4 heteroatoms. The van der Waals surface area contributed by atoms with Crippen LogP contribution in [-0.4, -0.2) is 20.8 Å². The maximum atomic E-state index is 5.96. The summed E-state index contributed by atoms with van der Waals surface area (Å²) in [6.07, 6.45) is 3.67. The van der Waals surface area contributed by atoms with Crippen LogP contribution in [0, 0.1) is 11.8 Å². The largest absolute Gasteiger partial charge is 0.328 e. The minimum absolute atomic E-state index is 0.217. The molecule has 2 unspecified atom stereocenters. The summed E-state index contributed by atoms with van der Waals surface area (Å²) in [5.74, 6) is 2.16. The lowest BCUT2D eigenvalue weighted by atomic mass is 9.95. The zero-order chi connectivity index (χ0) is 12.1. The van der Waals surface area contributed by atoms with Gasteiger partial charge in [0.1, 0.15) is 12.2 Å². The van der Waals surface area contributed by atoms with Crippen LogP contribution < -0.4 is 5.73 Å². The number of hydrogen-bond acceptors (Lipinski definition) is 3. The molecule has 2 atom stereocenters. The maximum absolute atomic E-state index is 5.96. The van der Waals surface area contributed by atoms with E-state index < -0.39 is 0 Å². The second-order valence-corrected chi connectivity index (χ2v) is 4.98. The van der Waals surface area contributed by atoms with Crippen molar-refractivity contribution in [3.05, 3.63) is 12.2 Å². The van der Waals surface area contributed by atoms with E-state index in [4.69, 9.17) is 5.73 Å². The predicted molar refractivity (Wildman–Crippen MR) is 66.0 cm³/mol. The number of nitrogens with two attached hydrogens (primary N) is 1. The van der Waals surface area contributed by atoms with Gasteiger partial charge < -0.3 is 5.73 Å². The van der Waals surface area contributed by atoms with Crippen LogP contribution in [0.2, 0.25) is 0 Å². The Bertz CT molecular complexity index is 304. The van der Waals surface area contributed by atoms with E-state index in [2.05, 4.69) is 37.8 Å². The van der Waals surface area contributed by atoms with Gasteiger partial charge in [0.15, 0.2) is 0 Å². The Morgan fingerprint density at radius 2 is 2.06 bits per heavy atom. The normalized spacial score (nSPS) is 15.4. The summed E-state index contributed by atoms with van der Waals surface area (Å²) >= 11 is 0. The Hall–Kier alpha value is -0.900. The van der Waals surface area contributed by atoms with Crippen molar-refractivity contribution in [2.75, 3.05) is 0 Å².